The third kappa shape index (κ3) is 4.53. The number of aromatic nitrogens is 1. The maximum absolute atomic E-state index is 10.9. The molecule has 1 aromatic carbocycles. The molecule has 3 N–H and O–H groups in total. The fourth-order valence-electron chi connectivity index (χ4n) is 1.38. The van der Waals surface area contributed by atoms with E-state index in [-0.39, 0.29) is 69.5 Å². The van der Waals surface area contributed by atoms with Gasteiger partial charge in [-0.1, -0.05) is 6.07 Å². The molecule has 2 aromatic rings. The summed E-state index contributed by atoms with van der Waals surface area (Å²) in [5.41, 5.74) is 0.174. The Morgan fingerprint density at radius 3 is 1.95 bits per heavy atom. The minimum Gasteiger partial charge on any atom is -0.344 e. The average molecular weight is 323 g/mol. The number of aromatic amines is 1. The maximum Gasteiger partial charge on any atom is 0.310 e. The second-order valence-corrected chi connectivity index (χ2v) is 6.14. The Bertz CT molecular complexity index is 766. The van der Waals surface area contributed by atoms with Crippen molar-refractivity contribution in [1.29, 1.82) is 0 Å². The van der Waals surface area contributed by atoms with Crippen LogP contribution in [0.1, 0.15) is 0 Å². The fraction of sp³-hybridized carbons (Fsp3) is 0. The van der Waals surface area contributed by atoms with Crippen LogP contribution in [0.15, 0.2) is 34.2 Å². The van der Waals surface area contributed by atoms with Crippen LogP contribution in [0.25, 0.3) is 10.9 Å². The zero-order chi connectivity index (χ0) is 12.8. The molecule has 11 heteroatoms. The zero-order valence-corrected chi connectivity index (χ0v) is 15.8. The first kappa shape index (κ1) is 19.6. The summed E-state index contributed by atoms with van der Waals surface area (Å²) >= 11 is 0. The molecule has 0 atom stereocenters. The summed E-state index contributed by atoms with van der Waals surface area (Å²) in [4.78, 5) is 1.97. The molecule has 1 heterocycles. The maximum atomic E-state index is 10.9. The number of H-pyrrole nitrogens is 1. The van der Waals surface area contributed by atoms with Crippen molar-refractivity contribution in [2.24, 2.45) is 0 Å². The number of hydrogen-bond acceptors (Lipinski definition) is 4. The molecule has 0 aliphatic rings. The zero-order valence-electron chi connectivity index (χ0n) is 10.2. The smallest absolute Gasteiger partial charge is 0.310 e. The molecule has 2 radical (unpaired) electrons. The topological polar surface area (TPSA) is 125 Å². The monoisotopic (exact) mass is 323 g/mol. The van der Waals surface area contributed by atoms with Crippen molar-refractivity contribution in [3.05, 3.63) is 24.3 Å². The normalized spacial score (nSPS) is 11.7. The van der Waals surface area contributed by atoms with Gasteiger partial charge in [0.25, 0.3) is 10.1 Å². The Morgan fingerprint density at radius 1 is 0.895 bits per heavy atom. The Labute approximate surface area is 153 Å². The van der Waals surface area contributed by atoms with Gasteiger partial charge >= 0.3 is 10.1 Å². The molecule has 0 amide bonds. The van der Waals surface area contributed by atoms with Crippen LogP contribution < -0.4 is 0 Å². The Hall–Kier alpha value is 0.580. The summed E-state index contributed by atoms with van der Waals surface area (Å²) in [5.74, 6) is 0. The molecule has 0 unspecified atom stereocenters. The minimum absolute atomic E-state index is 0. The van der Waals surface area contributed by atoms with Crippen LogP contribution in [0.2, 0.25) is 0 Å². The van der Waals surface area contributed by atoms with Crippen LogP contribution in [0.5, 0.6) is 0 Å². The van der Waals surface area contributed by atoms with Crippen molar-refractivity contribution in [3.8, 4) is 0 Å². The summed E-state index contributed by atoms with van der Waals surface area (Å²) in [6, 6.07) is 4.65. The molecular weight excluding hydrogens is 316 g/mol. The largest absolute Gasteiger partial charge is 0.344 e. The SMILES string of the molecule is O=S(=O)(O)c1ccc2cc(S(=O)(=O)O)[nH]c2c1.[Na].[Na]. The predicted molar refractivity (Wildman–Crippen MR) is 69.4 cm³/mol. The third-order valence-electron chi connectivity index (χ3n) is 2.14. The van der Waals surface area contributed by atoms with Gasteiger partial charge < -0.3 is 4.98 Å². The van der Waals surface area contributed by atoms with Crippen molar-refractivity contribution in [2.45, 2.75) is 9.92 Å². The van der Waals surface area contributed by atoms with E-state index in [0.717, 1.165) is 18.2 Å². The van der Waals surface area contributed by atoms with Gasteiger partial charge in [0.05, 0.1) is 4.90 Å². The molecule has 19 heavy (non-hydrogen) atoms. The van der Waals surface area contributed by atoms with Crippen LogP contribution >= 0.6 is 0 Å². The molecule has 94 valence electrons. The number of hydrogen-bond donors (Lipinski definition) is 3. The molecule has 0 saturated carbocycles. The Morgan fingerprint density at radius 2 is 1.47 bits per heavy atom. The second kappa shape index (κ2) is 6.56. The van der Waals surface area contributed by atoms with Crippen LogP contribution in [0.4, 0.5) is 0 Å². The Balaban J connectivity index is 0.00000162. The van der Waals surface area contributed by atoms with Gasteiger partial charge in [-0.15, -0.1) is 0 Å². The van der Waals surface area contributed by atoms with Gasteiger partial charge in [0.15, 0.2) is 5.03 Å². The van der Waals surface area contributed by atoms with Gasteiger partial charge in [-0.2, -0.15) is 16.8 Å². The van der Waals surface area contributed by atoms with E-state index >= 15 is 0 Å². The van der Waals surface area contributed by atoms with E-state index in [1.807, 2.05) is 0 Å². The first-order valence-corrected chi connectivity index (χ1v) is 7.14. The molecule has 0 aliphatic carbocycles. The van der Waals surface area contributed by atoms with Crippen molar-refractivity contribution in [2.75, 3.05) is 0 Å². The first-order valence-electron chi connectivity index (χ1n) is 4.26. The standard InChI is InChI=1S/C8H7NO6S2.2Na/c10-16(11,12)6-2-1-5-3-8(17(13,14)15)9-7(5)4-6;;/h1-4,9H,(H,10,11,12)(H,13,14,15);;. The second-order valence-electron chi connectivity index (χ2n) is 3.33. The van der Waals surface area contributed by atoms with E-state index < -0.39 is 25.3 Å². The fourth-order valence-corrected chi connectivity index (χ4v) is 2.40. The molecule has 2 rings (SSSR count). The third-order valence-corrected chi connectivity index (χ3v) is 3.77. The van der Waals surface area contributed by atoms with E-state index in [9.17, 15) is 16.8 Å². The van der Waals surface area contributed by atoms with Crippen molar-refractivity contribution in [1.82, 2.24) is 4.98 Å². The molecule has 0 bridgehead atoms. The van der Waals surface area contributed by atoms with Crippen molar-refractivity contribution in [3.63, 3.8) is 0 Å². The van der Waals surface area contributed by atoms with E-state index in [0.29, 0.717) is 5.39 Å². The van der Waals surface area contributed by atoms with Crippen LogP contribution in [-0.2, 0) is 20.2 Å². The van der Waals surface area contributed by atoms with E-state index in [4.69, 9.17) is 9.11 Å². The number of fused-ring (bicyclic) bond motifs is 1. The predicted octanol–water partition coefficient (Wildman–Crippen LogP) is -0.100. The summed E-state index contributed by atoms with van der Waals surface area (Å²) in [7, 11) is -8.73. The van der Waals surface area contributed by atoms with Gasteiger partial charge in [0, 0.05) is 70.0 Å². The van der Waals surface area contributed by atoms with Crippen LogP contribution in [-0.4, -0.2) is 90.0 Å². The average Bonchev–Trinajstić information content (AvgIpc) is 2.57. The molecule has 1 aromatic heterocycles. The minimum atomic E-state index is -4.38. The van der Waals surface area contributed by atoms with E-state index in [1.165, 1.54) is 6.07 Å². The summed E-state index contributed by atoms with van der Waals surface area (Å²) in [6.07, 6.45) is 0. The summed E-state index contributed by atoms with van der Waals surface area (Å²) < 4.78 is 61.0. The van der Waals surface area contributed by atoms with Crippen LogP contribution in [0, 0.1) is 0 Å². The number of benzene rings is 1. The molecule has 7 nitrogen and oxygen atoms in total. The van der Waals surface area contributed by atoms with Crippen molar-refractivity contribution < 1.29 is 25.9 Å². The molecule has 0 fully saturated rings. The molecule has 0 spiro atoms. The van der Waals surface area contributed by atoms with Gasteiger partial charge in [-0.3, -0.25) is 9.11 Å². The van der Waals surface area contributed by atoms with Gasteiger partial charge in [-0.25, -0.2) is 0 Å². The Kier molecular flexibility index (Phi) is 6.76. The van der Waals surface area contributed by atoms with Gasteiger partial charge in [0.2, 0.25) is 0 Å². The quantitative estimate of drug-likeness (QED) is 0.523. The first-order chi connectivity index (χ1) is 7.68. The summed E-state index contributed by atoms with van der Waals surface area (Å²) in [5, 5.41) is -0.0509. The number of rotatable bonds is 2. The van der Waals surface area contributed by atoms with Gasteiger partial charge in [0.1, 0.15) is 0 Å². The number of nitrogens with one attached hydrogen (secondary N) is 1. The van der Waals surface area contributed by atoms with Crippen molar-refractivity contribution >= 4 is 90.3 Å². The van der Waals surface area contributed by atoms with E-state index in [2.05, 4.69) is 4.98 Å². The summed E-state index contributed by atoms with van der Waals surface area (Å²) in [6.45, 7) is 0. The van der Waals surface area contributed by atoms with Crippen LogP contribution in [0.3, 0.4) is 0 Å². The molecular formula is C8H7NNa2O6S2. The van der Waals surface area contributed by atoms with Gasteiger partial charge in [-0.05, 0) is 18.2 Å². The molecule has 0 saturated heterocycles. The molecule has 0 aliphatic heterocycles. The van der Waals surface area contributed by atoms with E-state index in [1.54, 1.807) is 0 Å².